The van der Waals surface area contributed by atoms with E-state index in [1.807, 2.05) is 13.0 Å². The van der Waals surface area contributed by atoms with Crippen LogP contribution in [0.1, 0.15) is 36.3 Å². The Morgan fingerprint density at radius 2 is 2.00 bits per heavy atom. The van der Waals surface area contributed by atoms with Gasteiger partial charge < -0.3 is 5.32 Å². The Morgan fingerprint density at radius 1 is 1.24 bits per heavy atom. The third kappa shape index (κ3) is 3.81. The summed E-state index contributed by atoms with van der Waals surface area (Å²) in [6.45, 7) is 2.74. The third-order valence-electron chi connectivity index (χ3n) is 3.04. The van der Waals surface area contributed by atoms with Crippen LogP contribution in [0.5, 0.6) is 0 Å². The van der Waals surface area contributed by atoms with Crippen molar-refractivity contribution in [3.63, 3.8) is 0 Å². The van der Waals surface area contributed by atoms with Crippen molar-refractivity contribution in [2.45, 2.75) is 25.6 Å². The maximum Gasteiger partial charge on any atom is 0.417 e. The molecule has 0 aliphatic rings. The van der Waals surface area contributed by atoms with Crippen molar-refractivity contribution in [3.8, 4) is 0 Å². The molecule has 0 aliphatic heterocycles. The minimum atomic E-state index is -4.37. The second-order valence-corrected chi connectivity index (χ2v) is 4.77. The zero-order valence-electron chi connectivity index (χ0n) is 11.9. The molecule has 2 heterocycles. The van der Waals surface area contributed by atoms with Crippen molar-refractivity contribution in [2.75, 3.05) is 6.54 Å². The third-order valence-corrected chi connectivity index (χ3v) is 3.04. The Kier molecular flexibility index (Phi) is 4.62. The first kappa shape index (κ1) is 15.5. The summed E-state index contributed by atoms with van der Waals surface area (Å²) in [7, 11) is 1.79. The number of nitrogens with one attached hydrogen (secondary N) is 1. The van der Waals surface area contributed by atoms with Crippen molar-refractivity contribution >= 4 is 0 Å². The average molecular weight is 298 g/mol. The first-order chi connectivity index (χ1) is 9.91. The SMILES string of the molecule is CCCNC(c1ccc(C(F)(F)F)cn1)c1ccn(C)n1. The lowest BCUT2D eigenvalue weighted by Crippen LogP contribution is -2.25. The van der Waals surface area contributed by atoms with E-state index in [9.17, 15) is 13.2 Å². The predicted octanol–water partition coefficient (Wildman–Crippen LogP) is 2.92. The van der Waals surface area contributed by atoms with Crippen molar-refractivity contribution in [1.29, 1.82) is 0 Å². The molecular formula is C14H17F3N4. The normalized spacial score (nSPS) is 13.4. The van der Waals surface area contributed by atoms with Crippen LogP contribution in [-0.2, 0) is 13.2 Å². The van der Waals surface area contributed by atoms with E-state index in [1.165, 1.54) is 6.07 Å². The number of halogens is 3. The zero-order chi connectivity index (χ0) is 15.5. The highest BCUT2D eigenvalue weighted by molar-refractivity contribution is 5.24. The minimum absolute atomic E-state index is 0.312. The number of rotatable bonds is 5. The fourth-order valence-corrected chi connectivity index (χ4v) is 1.98. The van der Waals surface area contributed by atoms with E-state index in [-0.39, 0.29) is 6.04 Å². The first-order valence-corrected chi connectivity index (χ1v) is 6.68. The molecule has 0 saturated heterocycles. The van der Waals surface area contributed by atoms with Crippen molar-refractivity contribution in [2.24, 2.45) is 7.05 Å². The van der Waals surface area contributed by atoms with Gasteiger partial charge in [-0.25, -0.2) is 0 Å². The molecule has 1 atom stereocenters. The lowest BCUT2D eigenvalue weighted by atomic mass is 10.1. The molecule has 4 nitrogen and oxygen atoms in total. The molecule has 2 aromatic rings. The molecule has 1 unspecified atom stereocenters. The predicted molar refractivity (Wildman–Crippen MR) is 72.6 cm³/mol. The van der Waals surface area contributed by atoms with Crippen LogP contribution in [0.4, 0.5) is 13.2 Å². The van der Waals surface area contributed by atoms with E-state index < -0.39 is 11.7 Å². The van der Waals surface area contributed by atoms with E-state index in [4.69, 9.17) is 0 Å². The van der Waals surface area contributed by atoms with E-state index in [0.717, 1.165) is 30.9 Å². The van der Waals surface area contributed by atoms with Crippen LogP contribution in [0, 0.1) is 0 Å². The van der Waals surface area contributed by atoms with Crippen molar-refractivity contribution in [1.82, 2.24) is 20.1 Å². The van der Waals surface area contributed by atoms with Crippen LogP contribution >= 0.6 is 0 Å². The molecular weight excluding hydrogens is 281 g/mol. The van der Waals surface area contributed by atoms with Gasteiger partial charge in [-0.1, -0.05) is 6.92 Å². The maximum absolute atomic E-state index is 12.6. The van der Waals surface area contributed by atoms with Gasteiger partial charge in [-0.15, -0.1) is 0 Å². The second kappa shape index (κ2) is 6.26. The summed E-state index contributed by atoms with van der Waals surface area (Å²) in [6.07, 6.45) is -0.814. The average Bonchev–Trinajstić information content (AvgIpc) is 2.85. The molecule has 114 valence electrons. The molecule has 2 rings (SSSR count). The largest absolute Gasteiger partial charge is 0.417 e. The van der Waals surface area contributed by atoms with E-state index in [0.29, 0.717) is 5.69 Å². The van der Waals surface area contributed by atoms with Gasteiger partial charge in [-0.2, -0.15) is 18.3 Å². The van der Waals surface area contributed by atoms with E-state index in [2.05, 4.69) is 15.4 Å². The smallest absolute Gasteiger partial charge is 0.304 e. The summed E-state index contributed by atoms with van der Waals surface area (Å²) in [5.41, 5.74) is 0.509. The van der Waals surface area contributed by atoms with Gasteiger partial charge in [-0.05, 0) is 31.2 Å². The van der Waals surface area contributed by atoms with Crippen LogP contribution in [0.15, 0.2) is 30.6 Å². The first-order valence-electron chi connectivity index (χ1n) is 6.68. The Bertz CT molecular complexity index is 575. The summed E-state index contributed by atoms with van der Waals surface area (Å²) in [6, 6.07) is 3.96. The van der Waals surface area contributed by atoms with E-state index >= 15 is 0 Å². The summed E-state index contributed by atoms with van der Waals surface area (Å²) in [4.78, 5) is 3.95. The van der Waals surface area contributed by atoms with Gasteiger partial charge in [0.1, 0.15) is 0 Å². The quantitative estimate of drug-likeness (QED) is 0.923. The van der Waals surface area contributed by atoms with Crippen LogP contribution in [-0.4, -0.2) is 21.3 Å². The van der Waals surface area contributed by atoms with Crippen molar-refractivity contribution < 1.29 is 13.2 Å². The fraction of sp³-hybridized carbons (Fsp3) is 0.429. The lowest BCUT2D eigenvalue weighted by Gasteiger charge is -2.16. The molecule has 0 aliphatic carbocycles. The van der Waals surface area contributed by atoms with Crippen LogP contribution in [0.25, 0.3) is 0 Å². The van der Waals surface area contributed by atoms with Crippen LogP contribution in [0.2, 0.25) is 0 Å². The van der Waals surface area contributed by atoms with Gasteiger partial charge in [-0.3, -0.25) is 9.67 Å². The molecule has 0 fully saturated rings. The highest BCUT2D eigenvalue weighted by Gasteiger charge is 2.31. The summed E-state index contributed by atoms with van der Waals surface area (Å²) in [5.74, 6) is 0. The van der Waals surface area contributed by atoms with E-state index in [1.54, 1.807) is 17.9 Å². The van der Waals surface area contributed by atoms with Gasteiger partial charge >= 0.3 is 6.18 Å². The molecule has 21 heavy (non-hydrogen) atoms. The number of nitrogens with zero attached hydrogens (tertiary/aromatic N) is 3. The maximum atomic E-state index is 12.6. The minimum Gasteiger partial charge on any atom is -0.304 e. The molecule has 2 aromatic heterocycles. The topological polar surface area (TPSA) is 42.7 Å². The molecule has 7 heteroatoms. The van der Waals surface area contributed by atoms with Gasteiger partial charge in [0.05, 0.1) is 23.0 Å². The standard InChI is InChI=1S/C14H17F3N4/c1-3-7-18-13(12-6-8-21(2)20-12)11-5-4-10(9-19-11)14(15,16)17/h4-6,8-9,13,18H,3,7H2,1-2H3. The molecule has 0 amide bonds. The molecule has 1 N–H and O–H groups in total. The lowest BCUT2D eigenvalue weighted by molar-refractivity contribution is -0.137. The summed E-state index contributed by atoms with van der Waals surface area (Å²) in [5, 5.41) is 7.56. The zero-order valence-corrected chi connectivity index (χ0v) is 11.9. The highest BCUT2D eigenvalue weighted by Crippen LogP contribution is 2.29. The molecule has 0 saturated carbocycles. The number of alkyl halides is 3. The number of aryl methyl sites for hydroxylation is 1. The Labute approximate surface area is 121 Å². The number of hydrogen-bond donors (Lipinski definition) is 1. The Hall–Kier alpha value is -1.89. The number of pyridine rings is 1. The molecule has 0 bridgehead atoms. The number of hydrogen-bond acceptors (Lipinski definition) is 3. The highest BCUT2D eigenvalue weighted by atomic mass is 19.4. The van der Waals surface area contributed by atoms with Gasteiger partial charge in [0.15, 0.2) is 0 Å². The Balaban J connectivity index is 2.28. The monoisotopic (exact) mass is 298 g/mol. The number of aromatic nitrogens is 3. The fourth-order valence-electron chi connectivity index (χ4n) is 1.98. The Morgan fingerprint density at radius 3 is 2.48 bits per heavy atom. The summed E-state index contributed by atoms with van der Waals surface area (Å²) < 4.78 is 39.4. The van der Waals surface area contributed by atoms with Crippen LogP contribution < -0.4 is 5.32 Å². The second-order valence-electron chi connectivity index (χ2n) is 4.77. The van der Waals surface area contributed by atoms with Gasteiger partial charge in [0, 0.05) is 19.4 Å². The molecule has 0 radical (unpaired) electrons. The summed E-state index contributed by atoms with van der Waals surface area (Å²) >= 11 is 0. The van der Waals surface area contributed by atoms with Crippen molar-refractivity contribution in [3.05, 3.63) is 47.5 Å². The van der Waals surface area contributed by atoms with Crippen LogP contribution in [0.3, 0.4) is 0 Å². The molecule has 0 spiro atoms. The van der Waals surface area contributed by atoms with Gasteiger partial charge in [0.2, 0.25) is 0 Å². The molecule has 0 aromatic carbocycles. The van der Waals surface area contributed by atoms with Gasteiger partial charge in [0.25, 0.3) is 0 Å².